The van der Waals surface area contributed by atoms with Crippen molar-refractivity contribution in [1.82, 2.24) is 29.1 Å². The molecule has 6 nitrogen and oxygen atoms in total. The minimum absolute atomic E-state index is 0.541. The zero-order chi connectivity index (χ0) is 42.8. The van der Waals surface area contributed by atoms with Gasteiger partial charge in [0.05, 0.1) is 38.0 Å². The van der Waals surface area contributed by atoms with Gasteiger partial charge in [-0.05, 0) is 58.7 Å². The Morgan fingerprint density at radius 3 is 1.38 bits per heavy atom. The van der Waals surface area contributed by atoms with Gasteiger partial charge in [-0.3, -0.25) is 4.57 Å². The monoisotopic (exact) mass is 848 g/mol. The Morgan fingerprint density at radius 1 is 0.323 bits per heavy atom. The first kappa shape index (κ1) is 37.1. The molecule has 4 heterocycles. The van der Waals surface area contributed by atoms with E-state index in [1.54, 1.807) is 11.3 Å². The molecule has 0 N–H and O–H groups in total. The Morgan fingerprint density at radius 2 is 0.785 bits per heavy atom. The second-order valence-electron chi connectivity index (χ2n) is 16.2. The van der Waals surface area contributed by atoms with Gasteiger partial charge in [0.25, 0.3) is 0 Å². The summed E-state index contributed by atoms with van der Waals surface area (Å²) in [6, 6.07) is 76.8. The first-order valence-corrected chi connectivity index (χ1v) is 22.5. The van der Waals surface area contributed by atoms with Crippen LogP contribution in [0.25, 0.3) is 121 Å². The van der Waals surface area contributed by atoms with Crippen LogP contribution in [0.3, 0.4) is 0 Å². The highest BCUT2D eigenvalue weighted by atomic mass is 32.1. The number of thiazole rings is 1. The van der Waals surface area contributed by atoms with E-state index in [0.29, 0.717) is 17.6 Å². The minimum Gasteiger partial charge on any atom is -0.306 e. The molecule has 0 unspecified atom stereocenters. The summed E-state index contributed by atoms with van der Waals surface area (Å²) in [5.74, 6) is 1.73. The molecule has 0 radical (unpaired) electrons. The number of aromatic nitrogens is 6. The predicted octanol–water partition coefficient (Wildman–Crippen LogP) is 15.0. The summed E-state index contributed by atoms with van der Waals surface area (Å²) in [5.41, 5.74) is 13.7. The second kappa shape index (κ2) is 15.1. The quantitative estimate of drug-likeness (QED) is 0.160. The van der Waals surface area contributed by atoms with Gasteiger partial charge in [0.1, 0.15) is 5.01 Å². The van der Waals surface area contributed by atoms with E-state index in [4.69, 9.17) is 19.9 Å². The summed E-state index contributed by atoms with van der Waals surface area (Å²) in [6.07, 6.45) is 0. The molecular weight excluding hydrogens is 813 g/mol. The number of benzene rings is 9. The van der Waals surface area contributed by atoms with Crippen molar-refractivity contribution in [3.8, 4) is 67.2 Å². The van der Waals surface area contributed by atoms with Crippen LogP contribution < -0.4 is 0 Å². The third-order valence-corrected chi connectivity index (χ3v) is 13.5. The molecule has 0 aliphatic rings. The van der Waals surface area contributed by atoms with Crippen molar-refractivity contribution in [1.29, 1.82) is 0 Å². The lowest BCUT2D eigenvalue weighted by Gasteiger charge is -2.15. The summed E-state index contributed by atoms with van der Waals surface area (Å²) in [4.78, 5) is 21.2. The third kappa shape index (κ3) is 6.16. The number of hydrogen-bond acceptors (Lipinski definition) is 5. The Bertz CT molecular complexity index is 3790. The smallest absolute Gasteiger partial charge is 0.238 e. The topological polar surface area (TPSA) is 61.4 Å². The standard InChI is InChI=1S/C58H36N6S/c1-3-15-37(16-4-1)39-27-31-41(32-28-39)55-60-56(42-33-29-40(30-34-42)38-17-5-2-6-18-38)62-58(61-55)64-50-24-12-8-20-44(50)46-36-35-45-43-19-7-11-23-49(43)63(53(45)54(46)64)51-25-13-9-21-47(51)57-59-48-22-10-14-26-52(48)65-57/h1-36H. The average molecular weight is 849 g/mol. The first-order chi connectivity index (χ1) is 32.2. The number of nitrogens with zero attached hydrogens (tertiary/aromatic N) is 6. The maximum Gasteiger partial charge on any atom is 0.238 e. The lowest BCUT2D eigenvalue weighted by Crippen LogP contribution is -2.07. The summed E-state index contributed by atoms with van der Waals surface area (Å²) in [6.45, 7) is 0. The minimum atomic E-state index is 0.541. The number of para-hydroxylation sites is 4. The van der Waals surface area contributed by atoms with Crippen LogP contribution in [0.1, 0.15) is 0 Å². The van der Waals surface area contributed by atoms with E-state index in [1.807, 2.05) is 12.1 Å². The molecule has 0 fully saturated rings. The fourth-order valence-corrected chi connectivity index (χ4v) is 10.4. The predicted molar refractivity (Wildman–Crippen MR) is 269 cm³/mol. The molecule has 0 aliphatic heterocycles. The molecule has 13 rings (SSSR count). The molecule has 0 atom stereocenters. The molecule has 7 heteroatoms. The van der Waals surface area contributed by atoms with Crippen molar-refractivity contribution in [3.63, 3.8) is 0 Å². The van der Waals surface area contributed by atoms with Crippen LogP contribution in [0.5, 0.6) is 0 Å². The van der Waals surface area contributed by atoms with Crippen molar-refractivity contribution in [2.75, 3.05) is 0 Å². The highest BCUT2D eigenvalue weighted by molar-refractivity contribution is 7.21. The van der Waals surface area contributed by atoms with Crippen LogP contribution in [-0.4, -0.2) is 29.1 Å². The van der Waals surface area contributed by atoms with Gasteiger partial charge in [-0.2, -0.15) is 9.97 Å². The molecule has 13 aromatic rings. The maximum atomic E-state index is 5.42. The lowest BCUT2D eigenvalue weighted by molar-refractivity contribution is 0.953. The van der Waals surface area contributed by atoms with Gasteiger partial charge in [0.15, 0.2) is 11.6 Å². The van der Waals surface area contributed by atoms with E-state index in [9.17, 15) is 0 Å². The zero-order valence-electron chi connectivity index (χ0n) is 34.9. The van der Waals surface area contributed by atoms with E-state index in [0.717, 1.165) is 103 Å². The van der Waals surface area contributed by atoms with Crippen LogP contribution in [0.2, 0.25) is 0 Å². The van der Waals surface area contributed by atoms with E-state index in [1.165, 1.54) is 0 Å². The van der Waals surface area contributed by atoms with Gasteiger partial charge in [-0.15, -0.1) is 11.3 Å². The molecule has 0 aliphatic carbocycles. The number of rotatable bonds is 7. The van der Waals surface area contributed by atoms with Crippen LogP contribution in [0, 0.1) is 0 Å². The summed E-state index contributed by atoms with van der Waals surface area (Å²) in [5, 5.41) is 5.50. The largest absolute Gasteiger partial charge is 0.306 e. The van der Waals surface area contributed by atoms with Crippen molar-refractivity contribution < 1.29 is 0 Å². The van der Waals surface area contributed by atoms with E-state index >= 15 is 0 Å². The van der Waals surface area contributed by atoms with Crippen molar-refractivity contribution in [2.24, 2.45) is 0 Å². The first-order valence-electron chi connectivity index (χ1n) is 21.7. The molecule has 0 saturated carbocycles. The van der Waals surface area contributed by atoms with Crippen LogP contribution in [0.4, 0.5) is 0 Å². The third-order valence-electron chi connectivity index (χ3n) is 12.5. The second-order valence-corrected chi connectivity index (χ2v) is 17.3. The Kier molecular flexibility index (Phi) is 8.60. The van der Waals surface area contributed by atoms with Gasteiger partial charge < -0.3 is 4.57 Å². The molecule has 304 valence electrons. The van der Waals surface area contributed by atoms with E-state index < -0.39 is 0 Å². The molecule has 9 aromatic carbocycles. The SMILES string of the molecule is c1ccc(-c2ccc(-c3nc(-c4ccc(-c5ccccc5)cc4)nc(-n4c5ccccc5c5ccc6c7ccccc7n(-c7ccccc7-c7nc8ccccc8s7)c6c54)n3)cc2)cc1. The Labute approximate surface area is 378 Å². The van der Waals surface area contributed by atoms with Gasteiger partial charge in [0, 0.05) is 38.2 Å². The maximum absolute atomic E-state index is 5.42. The van der Waals surface area contributed by atoms with E-state index in [-0.39, 0.29) is 0 Å². The highest BCUT2D eigenvalue weighted by Crippen LogP contribution is 2.44. The normalized spacial score (nSPS) is 11.7. The number of fused-ring (bicyclic) bond motifs is 8. The van der Waals surface area contributed by atoms with Crippen molar-refractivity contribution >= 4 is 65.2 Å². The fraction of sp³-hybridized carbons (Fsp3) is 0. The average Bonchev–Trinajstić information content (AvgIpc) is 4.07. The van der Waals surface area contributed by atoms with Crippen LogP contribution in [-0.2, 0) is 0 Å². The van der Waals surface area contributed by atoms with Crippen LogP contribution in [0.15, 0.2) is 218 Å². The molecule has 0 spiro atoms. The van der Waals surface area contributed by atoms with Gasteiger partial charge >= 0.3 is 0 Å². The zero-order valence-corrected chi connectivity index (χ0v) is 35.7. The van der Waals surface area contributed by atoms with Gasteiger partial charge in [-0.1, -0.05) is 182 Å². The summed E-state index contributed by atoms with van der Waals surface area (Å²) in [7, 11) is 0. The van der Waals surface area contributed by atoms with Gasteiger partial charge in [0.2, 0.25) is 5.95 Å². The van der Waals surface area contributed by atoms with Crippen molar-refractivity contribution in [2.45, 2.75) is 0 Å². The molecule has 0 bridgehead atoms. The summed E-state index contributed by atoms with van der Waals surface area (Å²) < 4.78 is 5.85. The molecule has 0 saturated heterocycles. The van der Waals surface area contributed by atoms with E-state index in [2.05, 4.69) is 215 Å². The Balaban J connectivity index is 1.09. The molecule has 4 aromatic heterocycles. The van der Waals surface area contributed by atoms with Crippen molar-refractivity contribution in [3.05, 3.63) is 218 Å². The van der Waals surface area contributed by atoms with Crippen LogP contribution >= 0.6 is 11.3 Å². The Hall–Kier alpha value is -8.52. The molecular formula is C58H36N6S. The molecule has 65 heavy (non-hydrogen) atoms. The summed E-state index contributed by atoms with van der Waals surface area (Å²) >= 11 is 1.72. The fourth-order valence-electron chi connectivity index (χ4n) is 9.40. The highest BCUT2D eigenvalue weighted by Gasteiger charge is 2.25. The lowest BCUT2D eigenvalue weighted by atomic mass is 10.0. The van der Waals surface area contributed by atoms with Gasteiger partial charge in [-0.25, -0.2) is 9.97 Å². The number of hydrogen-bond donors (Lipinski definition) is 0. The molecule has 0 amide bonds.